The molecule has 1 aliphatic heterocycles. The highest BCUT2D eigenvalue weighted by Gasteiger charge is 2.52. The van der Waals surface area contributed by atoms with Crippen molar-refractivity contribution in [2.24, 2.45) is 0 Å². The highest BCUT2D eigenvalue weighted by atomic mass is 19.4. The summed E-state index contributed by atoms with van der Waals surface area (Å²) in [6.45, 7) is 9.74. The van der Waals surface area contributed by atoms with Gasteiger partial charge in [-0.3, -0.25) is 15.1 Å². The van der Waals surface area contributed by atoms with Crippen molar-refractivity contribution in [1.29, 1.82) is 0 Å². The molecule has 0 spiro atoms. The number of alkyl halides is 3. The molecule has 3 rings (SSSR count). The zero-order valence-corrected chi connectivity index (χ0v) is 18.3. The van der Waals surface area contributed by atoms with E-state index in [9.17, 15) is 18.0 Å². The van der Waals surface area contributed by atoms with Gasteiger partial charge >= 0.3 is 13.3 Å². The Morgan fingerprint density at radius 1 is 1.13 bits per heavy atom. The second-order valence-electron chi connectivity index (χ2n) is 9.10. The molecular weight excluding hydrogens is 414 g/mol. The second kappa shape index (κ2) is 7.63. The number of carbonyl (C=O) groups excluding carboxylic acids is 1. The largest absolute Gasteiger partial charge is 0.514 e. The highest BCUT2D eigenvalue weighted by molar-refractivity contribution is 6.61. The van der Waals surface area contributed by atoms with Crippen LogP contribution in [0.2, 0.25) is 0 Å². The number of amides is 1. The number of carbonyl (C=O) groups is 1. The van der Waals surface area contributed by atoms with Crippen LogP contribution < -0.4 is 10.9 Å². The fourth-order valence-corrected chi connectivity index (χ4v) is 2.78. The van der Waals surface area contributed by atoms with Crippen LogP contribution in [0.15, 0.2) is 28.9 Å². The molecule has 1 fully saturated rings. The van der Waals surface area contributed by atoms with Gasteiger partial charge in [-0.1, -0.05) is 11.2 Å². The highest BCUT2D eigenvalue weighted by Crippen LogP contribution is 2.40. The number of halogens is 3. The first kappa shape index (κ1) is 23.3. The lowest BCUT2D eigenvalue weighted by Crippen LogP contribution is -2.41. The maximum absolute atomic E-state index is 13.1. The number of nitrogens with zero attached hydrogens (tertiary/aromatic N) is 2. The lowest BCUT2D eigenvalue weighted by molar-refractivity contribution is -0.181. The molecule has 0 unspecified atom stereocenters. The number of hydrogen-bond donors (Lipinski definition) is 1. The first-order chi connectivity index (χ1) is 14.1. The minimum atomic E-state index is -4.50. The lowest BCUT2D eigenvalue weighted by Gasteiger charge is -2.32. The Morgan fingerprint density at radius 3 is 2.26 bits per heavy atom. The minimum Gasteiger partial charge on any atom is -0.398 e. The van der Waals surface area contributed by atoms with Gasteiger partial charge in [-0.05, 0) is 53.2 Å². The molecule has 1 saturated heterocycles. The van der Waals surface area contributed by atoms with E-state index in [-0.39, 0.29) is 18.0 Å². The Kier molecular flexibility index (Phi) is 5.73. The molecule has 7 nitrogen and oxygen atoms in total. The van der Waals surface area contributed by atoms with Gasteiger partial charge in [-0.15, -0.1) is 0 Å². The zero-order valence-electron chi connectivity index (χ0n) is 18.3. The topological polar surface area (TPSA) is 86.5 Å². The molecule has 0 radical (unpaired) electrons. The molecule has 0 bridgehead atoms. The predicted octanol–water partition coefficient (Wildman–Crippen LogP) is 3.39. The number of nitrogens with one attached hydrogen (secondary N) is 1. The van der Waals surface area contributed by atoms with Gasteiger partial charge in [-0.2, -0.15) is 13.2 Å². The van der Waals surface area contributed by atoms with Crippen molar-refractivity contribution in [3.63, 3.8) is 0 Å². The quantitative estimate of drug-likeness (QED) is 0.719. The Labute approximate surface area is 178 Å². The smallest absolute Gasteiger partial charge is 0.398 e. The van der Waals surface area contributed by atoms with Crippen molar-refractivity contribution < 1.29 is 31.8 Å². The molecule has 1 amide bonds. The maximum Gasteiger partial charge on any atom is 0.514 e. The van der Waals surface area contributed by atoms with Gasteiger partial charge in [0.1, 0.15) is 11.1 Å². The van der Waals surface area contributed by atoms with Crippen LogP contribution in [0.3, 0.4) is 0 Å². The van der Waals surface area contributed by atoms with Gasteiger partial charge in [0, 0.05) is 12.3 Å². The average molecular weight is 439 g/mol. The summed E-state index contributed by atoms with van der Waals surface area (Å²) < 4.78 is 56.1. The molecule has 0 aliphatic carbocycles. The van der Waals surface area contributed by atoms with E-state index in [0.29, 0.717) is 11.2 Å². The minimum absolute atomic E-state index is 0.0463. The van der Waals surface area contributed by atoms with E-state index >= 15 is 0 Å². The fourth-order valence-electron chi connectivity index (χ4n) is 2.78. The van der Waals surface area contributed by atoms with E-state index in [4.69, 9.17) is 13.8 Å². The Balaban J connectivity index is 1.61. The summed E-state index contributed by atoms with van der Waals surface area (Å²) in [6, 6.07) is 4.50. The summed E-state index contributed by atoms with van der Waals surface area (Å²) in [5.74, 6) is -0.628. The molecule has 1 aliphatic rings. The number of anilines is 1. The van der Waals surface area contributed by atoms with Crippen molar-refractivity contribution in [2.75, 3.05) is 5.32 Å². The molecule has 1 N–H and O–H groups in total. The van der Waals surface area contributed by atoms with Crippen LogP contribution in [0.5, 0.6) is 0 Å². The van der Waals surface area contributed by atoms with Crippen LogP contribution in [-0.4, -0.2) is 40.5 Å². The summed E-state index contributed by atoms with van der Waals surface area (Å²) in [5, 5.41) is 5.86. The van der Waals surface area contributed by atoms with Gasteiger partial charge < -0.3 is 13.8 Å². The molecule has 168 valence electrons. The third-order valence-electron chi connectivity index (χ3n) is 5.83. The van der Waals surface area contributed by atoms with Gasteiger partial charge in [0.2, 0.25) is 11.8 Å². The van der Waals surface area contributed by atoms with Gasteiger partial charge in [0.25, 0.3) is 0 Å². The first-order valence-corrected chi connectivity index (χ1v) is 9.77. The average Bonchev–Trinajstić information content (AvgIpc) is 3.17. The number of pyridine rings is 1. The Bertz CT molecular complexity index is 939. The fraction of sp³-hybridized carbons (Fsp3) is 0.550. The van der Waals surface area contributed by atoms with Crippen molar-refractivity contribution in [2.45, 2.75) is 70.8 Å². The molecule has 11 heteroatoms. The van der Waals surface area contributed by atoms with Crippen molar-refractivity contribution in [3.05, 3.63) is 35.7 Å². The van der Waals surface area contributed by atoms with E-state index in [0.717, 1.165) is 19.9 Å². The summed E-state index contributed by atoms with van der Waals surface area (Å²) in [7, 11) is -0.613. The predicted molar refractivity (Wildman–Crippen MR) is 108 cm³/mol. The molecule has 31 heavy (non-hydrogen) atoms. The van der Waals surface area contributed by atoms with E-state index < -0.39 is 35.8 Å². The number of rotatable bonds is 5. The van der Waals surface area contributed by atoms with Crippen molar-refractivity contribution in [1.82, 2.24) is 10.1 Å². The van der Waals surface area contributed by atoms with E-state index in [1.165, 1.54) is 6.20 Å². The lowest BCUT2D eigenvalue weighted by atomic mass is 9.84. The standard InChI is InChI=1S/C20H25BF3N3O4/c1-17(2,20(22,23)24)13-10-16(29-27-13)26-15(28)9-12-7-8-14(25-11-12)21-30-18(3,4)19(5,6)31-21/h7-8,10-11H,9H2,1-6H3,(H,26,28). The van der Waals surface area contributed by atoms with Crippen LogP contribution in [0.25, 0.3) is 0 Å². The SMILES string of the molecule is CC1(C)OB(c2ccc(CC(=O)Nc3cc(C(C)(C)C(F)(F)F)no3)cn2)OC1(C)C. The van der Waals surface area contributed by atoms with Crippen LogP contribution in [0.1, 0.15) is 52.8 Å². The molecule has 3 heterocycles. The zero-order chi connectivity index (χ0) is 23.2. The summed E-state index contributed by atoms with van der Waals surface area (Å²) in [4.78, 5) is 16.6. The van der Waals surface area contributed by atoms with Crippen LogP contribution >= 0.6 is 0 Å². The van der Waals surface area contributed by atoms with E-state index in [1.807, 2.05) is 27.7 Å². The summed E-state index contributed by atoms with van der Waals surface area (Å²) >= 11 is 0. The molecule has 0 atom stereocenters. The molecule has 0 aromatic carbocycles. The second-order valence-corrected chi connectivity index (χ2v) is 9.10. The molecule has 2 aromatic heterocycles. The van der Waals surface area contributed by atoms with E-state index in [2.05, 4.69) is 15.5 Å². The Hall–Kier alpha value is -2.40. The monoisotopic (exact) mass is 439 g/mol. The molecular formula is C20H25BF3N3O4. The van der Waals surface area contributed by atoms with Crippen molar-refractivity contribution in [3.8, 4) is 0 Å². The summed E-state index contributed by atoms with van der Waals surface area (Å²) in [5.41, 5.74) is -2.32. The number of aromatic nitrogens is 2. The van der Waals surface area contributed by atoms with Gasteiger partial charge in [0.15, 0.2) is 0 Å². The third kappa shape index (κ3) is 4.62. The third-order valence-corrected chi connectivity index (χ3v) is 5.83. The van der Waals surface area contributed by atoms with Crippen LogP contribution in [-0.2, 0) is 25.9 Å². The van der Waals surface area contributed by atoms with Crippen molar-refractivity contribution >= 4 is 24.5 Å². The first-order valence-electron chi connectivity index (χ1n) is 9.77. The maximum atomic E-state index is 13.1. The summed E-state index contributed by atoms with van der Waals surface area (Å²) in [6.07, 6.45) is -3.02. The number of hydrogen-bond acceptors (Lipinski definition) is 6. The van der Waals surface area contributed by atoms with Gasteiger partial charge in [-0.25, -0.2) is 0 Å². The van der Waals surface area contributed by atoms with E-state index in [1.54, 1.807) is 12.1 Å². The van der Waals surface area contributed by atoms with Crippen LogP contribution in [0.4, 0.5) is 19.1 Å². The normalized spacial score (nSPS) is 18.3. The molecule has 2 aromatic rings. The van der Waals surface area contributed by atoms with Crippen LogP contribution in [0, 0.1) is 0 Å². The Morgan fingerprint density at radius 2 is 1.74 bits per heavy atom. The molecule has 0 saturated carbocycles. The van der Waals surface area contributed by atoms with Gasteiger partial charge in [0.05, 0.1) is 23.2 Å².